The number of rotatable bonds is 4. The summed E-state index contributed by atoms with van der Waals surface area (Å²) in [6.45, 7) is 2.05. The second kappa shape index (κ2) is 4.91. The van der Waals surface area contributed by atoms with Gasteiger partial charge < -0.3 is 10.2 Å². The number of hydrogen-bond donors (Lipinski definition) is 2. The standard InChI is InChI=1S/C10H12O3S/c1-2-14-6-7-3-4-8(10(12)13)9(11)5-7/h3-5,11H,2,6H2,1H3,(H,12,13). The van der Waals surface area contributed by atoms with Crippen LogP contribution in [0, 0.1) is 0 Å². The first-order valence-corrected chi connectivity index (χ1v) is 5.43. The highest BCUT2D eigenvalue weighted by molar-refractivity contribution is 7.98. The van der Waals surface area contributed by atoms with E-state index in [0.717, 1.165) is 17.1 Å². The summed E-state index contributed by atoms with van der Waals surface area (Å²) in [7, 11) is 0. The number of carboxylic acids is 1. The predicted octanol–water partition coefficient (Wildman–Crippen LogP) is 2.34. The normalized spacial score (nSPS) is 10.1. The smallest absolute Gasteiger partial charge is 0.339 e. The van der Waals surface area contributed by atoms with Gasteiger partial charge in [0.15, 0.2) is 0 Å². The maximum Gasteiger partial charge on any atom is 0.339 e. The molecule has 3 nitrogen and oxygen atoms in total. The van der Waals surface area contributed by atoms with Crippen LogP contribution >= 0.6 is 11.8 Å². The molecule has 0 saturated heterocycles. The lowest BCUT2D eigenvalue weighted by Gasteiger charge is -2.03. The molecule has 0 aromatic heterocycles. The van der Waals surface area contributed by atoms with Crippen LogP contribution in [-0.4, -0.2) is 21.9 Å². The Morgan fingerprint density at radius 2 is 2.21 bits per heavy atom. The van der Waals surface area contributed by atoms with Crippen molar-refractivity contribution in [1.82, 2.24) is 0 Å². The Bertz CT molecular complexity index is 336. The molecule has 0 aliphatic heterocycles. The van der Waals surface area contributed by atoms with Gasteiger partial charge in [-0.1, -0.05) is 13.0 Å². The summed E-state index contributed by atoms with van der Waals surface area (Å²) in [6, 6.07) is 4.67. The highest BCUT2D eigenvalue weighted by Crippen LogP contribution is 2.21. The summed E-state index contributed by atoms with van der Waals surface area (Å²) >= 11 is 1.73. The van der Waals surface area contributed by atoms with Crippen molar-refractivity contribution in [1.29, 1.82) is 0 Å². The maximum absolute atomic E-state index is 10.6. The van der Waals surface area contributed by atoms with Gasteiger partial charge in [0.1, 0.15) is 11.3 Å². The van der Waals surface area contributed by atoms with Gasteiger partial charge in [0, 0.05) is 5.75 Å². The van der Waals surface area contributed by atoms with Crippen LogP contribution in [0.15, 0.2) is 18.2 Å². The molecule has 0 aliphatic carbocycles. The number of phenols is 1. The van der Waals surface area contributed by atoms with E-state index in [9.17, 15) is 9.90 Å². The zero-order valence-electron chi connectivity index (χ0n) is 7.86. The Morgan fingerprint density at radius 1 is 1.50 bits per heavy atom. The molecule has 0 unspecified atom stereocenters. The Morgan fingerprint density at radius 3 is 2.71 bits per heavy atom. The first kappa shape index (κ1) is 10.9. The van der Waals surface area contributed by atoms with Crippen LogP contribution in [0.5, 0.6) is 5.75 Å². The monoisotopic (exact) mass is 212 g/mol. The average molecular weight is 212 g/mol. The minimum Gasteiger partial charge on any atom is -0.507 e. The van der Waals surface area contributed by atoms with Gasteiger partial charge in [-0.2, -0.15) is 11.8 Å². The van der Waals surface area contributed by atoms with Gasteiger partial charge in [0.2, 0.25) is 0 Å². The molecule has 14 heavy (non-hydrogen) atoms. The van der Waals surface area contributed by atoms with Gasteiger partial charge in [0.25, 0.3) is 0 Å². The van der Waals surface area contributed by atoms with Gasteiger partial charge in [-0.3, -0.25) is 0 Å². The van der Waals surface area contributed by atoms with Gasteiger partial charge in [-0.15, -0.1) is 0 Å². The van der Waals surface area contributed by atoms with Crippen molar-refractivity contribution in [2.45, 2.75) is 12.7 Å². The SMILES string of the molecule is CCSCc1ccc(C(=O)O)c(O)c1. The third-order valence-corrected chi connectivity index (χ3v) is 2.71. The molecule has 0 radical (unpaired) electrons. The second-order valence-electron chi connectivity index (χ2n) is 2.79. The molecule has 0 spiro atoms. The van der Waals surface area contributed by atoms with Crippen LogP contribution < -0.4 is 0 Å². The number of benzene rings is 1. The van der Waals surface area contributed by atoms with Crippen LogP contribution in [0.4, 0.5) is 0 Å². The molecule has 4 heteroatoms. The topological polar surface area (TPSA) is 57.5 Å². The lowest BCUT2D eigenvalue weighted by Crippen LogP contribution is -1.97. The molecule has 1 aromatic rings. The van der Waals surface area contributed by atoms with E-state index in [1.54, 1.807) is 17.8 Å². The Hall–Kier alpha value is -1.16. The number of aromatic hydroxyl groups is 1. The largest absolute Gasteiger partial charge is 0.507 e. The molecule has 0 amide bonds. The molecular weight excluding hydrogens is 200 g/mol. The van der Waals surface area contributed by atoms with E-state index >= 15 is 0 Å². The molecule has 2 N–H and O–H groups in total. The molecule has 76 valence electrons. The Balaban J connectivity index is 2.83. The van der Waals surface area contributed by atoms with Gasteiger partial charge in [-0.25, -0.2) is 4.79 Å². The van der Waals surface area contributed by atoms with Crippen LogP contribution in [0.25, 0.3) is 0 Å². The minimum atomic E-state index is -1.10. The lowest BCUT2D eigenvalue weighted by molar-refractivity contribution is 0.0694. The van der Waals surface area contributed by atoms with Crippen LogP contribution in [0.1, 0.15) is 22.8 Å². The zero-order chi connectivity index (χ0) is 10.6. The van der Waals surface area contributed by atoms with E-state index in [2.05, 4.69) is 6.92 Å². The Kier molecular flexibility index (Phi) is 3.83. The molecule has 0 aliphatic rings. The van der Waals surface area contributed by atoms with E-state index in [0.29, 0.717) is 0 Å². The van der Waals surface area contributed by atoms with Crippen molar-refractivity contribution in [2.24, 2.45) is 0 Å². The lowest BCUT2D eigenvalue weighted by atomic mass is 10.1. The minimum absolute atomic E-state index is 0.0461. The van der Waals surface area contributed by atoms with Crippen molar-refractivity contribution >= 4 is 17.7 Å². The third-order valence-electron chi connectivity index (χ3n) is 1.77. The summed E-state index contributed by atoms with van der Waals surface area (Å²) in [5.41, 5.74) is 0.898. The van der Waals surface area contributed by atoms with Crippen molar-refractivity contribution in [3.05, 3.63) is 29.3 Å². The van der Waals surface area contributed by atoms with Gasteiger partial charge in [-0.05, 0) is 23.4 Å². The van der Waals surface area contributed by atoms with E-state index in [1.165, 1.54) is 12.1 Å². The number of aromatic carboxylic acids is 1. The van der Waals surface area contributed by atoms with Crippen molar-refractivity contribution in [3.8, 4) is 5.75 Å². The summed E-state index contributed by atoms with van der Waals surface area (Å²) in [6.07, 6.45) is 0. The molecule has 0 atom stereocenters. The number of carbonyl (C=O) groups is 1. The molecule has 1 rings (SSSR count). The van der Waals surface area contributed by atoms with Crippen molar-refractivity contribution in [3.63, 3.8) is 0 Å². The molecule has 0 fully saturated rings. The maximum atomic E-state index is 10.6. The van der Waals surface area contributed by atoms with Crippen molar-refractivity contribution in [2.75, 3.05) is 5.75 Å². The summed E-state index contributed by atoms with van der Waals surface area (Å²) in [5.74, 6) is 0.537. The Labute approximate surface area is 86.8 Å². The van der Waals surface area contributed by atoms with Crippen LogP contribution in [-0.2, 0) is 5.75 Å². The summed E-state index contributed by atoms with van der Waals surface area (Å²) in [4.78, 5) is 10.6. The predicted molar refractivity (Wildman–Crippen MR) is 56.9 cm³/mol. The van der Waals surface area contributed by atoms with Gasteiger partial charge in [0.05, 0.1) is 0 Å². The van der Waals surface area contributed by atoms with E-state index < -0.39 is 5.97 Å². The number of thioether (sulfide) groups is 1. The third kappa shape index (κ3) is 2.67. The first-order valence-electron chi connectivity index (χ1n) is 4.28. The van der Waals surface area contributed by atoms with E-state index in [1.807, 2.05) is 0 Å². The quantitative estimate of drug-likeness (QED) is 0.804. The number of carboxylic acid groups (broad SMARTS) is 1. The fourth-order valence-electron chi connectivity index (χ4n) is 1.07. The molecule has 1 aromatic carbocycles. The number of hydrogen-bond acceptors (Lipinski definition) is 3. The first-order chi connectivity index (χ1) is 6.65. The van der Waals surface area contributed by atoms with E-state index in [4.69, 9.17) is 5.11 Å². The molecule has 0 saturated carbocycles. The molecular formula is C10H12O3S. The highest BCUT2D eigenvalue weighted by atomic mass is 32.2. The molecule has 0 bridgehead atoms. The van der Waals surface area contributed by atoms with Crippen molar-refractivity contribution < 1.29 is 15.0 Å². The fourth-order valence-corrected chi connectivity index (χ4v) is 1.69. The van der Waals surface area contributed by atoms with Gasteiger partial charge >= 0.3 is 5.97 Å². The van der Waals surface area contributed by atoms with Crippen LogP contribution in [0.2, 0.25) is 0 Å². The highest BCUT2D eigenvalue weighted by Gasteiger charge is 2.08. The zero-order valence-corrected chi connectivity index (χ0v) is 8.67. The van der Waals surface area contributed by atoms with Crippen LogP contribution in [0.3, 0.4) is 0 Å². The summed E-state index contributed by atoms with van der Waals surface area (Å²) in [5, 5.41) is 18.0. The average Bonchev–Trinajstić information content (AvgIpc) is 2.14. The second-order valence-corrected chi connectivity index (χ2v) is 4.07. The molecule has 0 heterocycles. The summed E-state index contributed by atoms with van der Waals surface area (Å²) < 4.78 is 0. The van der Waals surface area contributed by atoms with E-state index in [-0.39, 0.29) is 11.3 Å². The fraction of sp³-hybridized carbons (Fsp3) is 0.300.